The molecule has 4 aliphatic rings. The van der Waals surface area contributed by atoms with Gasteiger partial charge in [0.2, 0.25) is 15.9 Å². The molecule has 11 heteroatoms. The molecule has 1 aliphatic carbocycles. The van der Waals surface area contributed by atoms with Crippen LogP contribution < -0.4 is 16.1 Å². The largest absolute Gasteiger partial charge is 0.387 e. The van der Waals surface area contributed by atoms with E-state index in [0.29, 0.717) is 24.6 Å². The van der Waals surface area contributed by atoms with E-state index in [4.69, 9.17) is 0 Å². The number of carbonyl (C=O) groups excluding carboxylic acids is 1. The number of carbonyl (C=O) groups is 1. The van der Waals surface area contributed by atoms with Gasteiger partial charge in [-0.05, 0) is 56.4 Å². The third-order valence-corrected chi connectivity index (χ3v) is 8.94. The number of hydrogen-bond acceptors (Lipinski definition) is 8. The van der Waals surface area contributed by atoms with Crippen molar-refractivity contribution < 1.29 is 18.3 Å². The molecule has 1 aromatic rings. The van der Waals surface area contributed by atoms with Crippen molar-refractivity contribution in [2.45, 2.75) is 61.4 Å². The van der Waals surface area contributed by atoms with E-state index >= 15 is 0 Å². The molecule has 10 nitrogen and oxygen atoms in total. The highest BCUT2D eigenvalue weighted by molar-refractivity contribution is 7.89. The molecule has 3 heterocycles. The minimum absolute atomic E-state index is 0.00839. The Balaban J connectivity index is 1.32. The van der Waals surface area contributed by atoms with Gasteiger partial charge in [-0.15, -0.1) is 0 Å². The summed E-state index contributed by atoms with van der Waals surface area (Å²) in [5, 5.41) is 27.7. The molecule has 5 rings (SSSR count). The second kappa shape index (κ2) is 8.21. The predicted octanol–water partition coefficient (Wildman–Crippen LogP) is 0.197. The molecule has 4 N–H and O–H groups in total. The number of nitrogens with zero attached hydrogens (tertiary/aromatic N) is 3. The summed E-state index contributed by atoms with van der Waals surface area (Å²) in [5.41, 5.74) is 3.19. The summed E-state index contributed by atoms with van der Waals surface area (Å²) in [6.45, 7) is 2.40. The van der Waals surface area contributed by atoms with E-state index in [0.717, 1.165) is 19.3 Å². The minimum atomic E-state index is -3.65. The average Bonchev–Trinajstić information content (AvgIpc) is 3.53. The summed E-state index contributed by atoms with van der Waals surface area (Å²) >= 11 is 0. The number of nitriles is 1. The first kappa shape index (κ1) is 22.6. The molecule has 1 aromatic carbocycles. The molecule has 3 saturated heterocycles. The number of benzene rings is 1. The molecule has 4 fully saturated rings. The quantitative estimate of drug-likeness (QED) is 0.440. The minimum Gasteiger partial charge on any atom is -0.387 e. The standard InChI is InChI=1S/C22H30N6O4S/c1-22(30)12-27(13-22)33(31,32)16-6-4-15(5-7-16)25-20-19-18(9-11-24-21(19)29)28(26-20)17(8-10-23)14-2-3-14/h4-7,14,17-20,25-26,30H,2-3,8-9,11-13H2,1H3,(H,24,29)/t17-,18?,19?,20?/m0/s1. The number of anilines is 1. The molecular formula is C22H30N6O4S. The lowest BCUT2D eigenvalue weighted by molar-refractivity contribution is -0.128. The first-order chi connectivity index (χ1) is 15.7. The Kier molecular flexibility index (Phi) is 5.61. The van der Waals surface area contributed by atoms with Crippen LogP contribution in [0.5, 0.6) is 0 Å². The second-order valence-corrected chi connectivity index (χ2v) is 11.8. The van der Waals surface area contributed by atoms with E-state index in [2.05, 4.69) is 27.1 Å². The zero-order valence-electron chi connectivity index (χ0n) is 18.6. The highest BCUT2D eigenvalue weighted by Crippen LogP contribution is 2.41. The van der Waals surface area contributed by atoms with Crippen LogP contribution in [0.3, 0.4) is 0 Å². The lowest BCUT2D eigenvalue weighted by atomic mass is 9.90. The molecule has 178 valence electrons. The lowest BCUT2D eigenvalue weighted by Gasteiger charge is -2.42. The van der Waals surface area contributed by atoms with Crippen molar-refractivity contribution >= 4 is 21.6 Å². The Morgan fingerprint density at radius 2 is 1.97 bits per heavy atom. The summed E-state index contributed by atoms with van der Waals surface area (Å²) in [7, 11) is -3.65. The van der Waals surface area contributed by atoms with Gasteiger partial charge < -0.3 is 15.7 Å². The number of rotatable bonds is 7. The highest BCUT2D eigenvalue weighted by Gasteiger charge is 2.52. The molecule has 4 atom stereocenters. The van der Waals surface area contributed by atoms with Gasteiger partial charge in [-0.3, -0.25) is 4.79 Å². The van der Waals surface area contributed by atoms with Gasteiger partial charge in [0.05, 0.1) is 28.9 Å². The van der Waals surface area contributed by atoms with Gasteiger partial charge in [-0.1, -0.05) is 0 Å². The SMILES string of the molecule is CC1(O)CN(S(=O)(=O)c2ccc(NC3NN([C@@H](CC#N)C4CC4)C4CCNC(=O)C34)cc2)C1. The highest BCUT2D eigenvalue weighted by atomic mass is 32.2. The fourth-order valence-corrected chi connectivity index (χ4v) is 6.98. The lowest BCUT2D eigenvalue weighted by Crippen LogP contribution is -2.61. The maximum atomic E-state index is 12.8. The van der Waals surface area contributed by atoms with Crippen LogP contribution in [-0.4, -0.2) is 72.2 Å². The van der Waals surface area contributed by atoms with E-state index in [1.807, 2.05) is 0 Å². The molecule has 33 heavy (non-hydrogen) atoms. The average molecular weight is 475 g/mol. The number of β-amino-alcohol motifs (C(OH)–C–C–N with tert-alkyl or cyclic N) is 1. The number of sulfonamides is 1. The van der Waals surface area contributed by atoms with Crippen molar-refractivity contribution in [3.05, 3.63) is 24.3 Å². The van der Waals surface area contributed by atoms with E-state index < -0.39 is 15.6 Å². The number of hydrazine groups is 1. The monoisotopic (exact) mass is 474 g/mol. The summed E-state index contributed by atoms with van der Waals surface area (Å²) in [6, 6.07) is 8.86. The van der Waals surface area contributed by atoms with Gasteiger partial charge in [-0.2, -0.15) is 9.57 Å². The van der Waals surface area contributed by atoms with Crippen molar-refractivity contribution in [1.29, 1.82) is 5.26 Å². The van der Waals surface area contributed by atoms with Gasteiger partial charge in [0.15, 0.2) is 0 Å². The third kappa shape index (κ3) is 4.22. The van der Waals surface area contributed by atoms with Crippen LogP contribution in [0.2, 0.25) is 0 Å². The van der Waals surface area contributed by atoms with Crippen molar-refractivity contribution in [3.63, 3.8) is 0 Å². The number of piperidine rings is 1. The fourth-order valence-electron chi connectivity index (χ4n) is 5.30. The third-order valence-electron chi connectivity index (χ3n) is 7.13. The molecule has 0 spiro atoms. The van der Waals surface area contributed by atoms with E-state index in [1.54, 1.807) is 31.2 Å². The Labute approximate surface area is 193 Å². The first-order valence-electron chi connectivity index (χ1n) is 11.5. The summed E-state index contributed by atoms with van der Waals surface area (Å²) in [6.07, 6.45) is 3.09. The van der Waals surface area contributed by atoms with Crippen LogP contribution in [0.4, 0.5) is 5.69 Å². The van der Waals surface area contributed by atoms with Crippen molar-refractivity contribution in [2.75, 3.05) is 25.0 Å². The maximum absolute atomic E-state index is 12.8. The van der Waals surface area contributed by atoms with Crippen molar-refractivity contribution in [2.24, 2.45) is 11.8 Å². The zero-order chi connectivity index (χ0) is 23.4. The van der Waals surface area contributed by atoms with Crippen LogP contribution in [0.1, 0.15) is 32.6 Å². The molecule has 1 amide bonds. The zero-order valence-corrected chi connectivity index (χ0v) is 19.4. The van der Waals surface area contributed by atoms with Crippen LogP contribution in [0.15, 0.2) is 29.2 Å². The Morgan fingerprint density at radius 3 is 2.58 bits per heavy atom. The van der Waals surface area contributed by atoms with Gasteiger partial charge in [0.25, 0.3) is 0 Å². The predicted molar refractivity (Wildman–Crippen MR) is 120 cm³/mol. The summed E-state index contributed by atoms with van der Waals surface area (Å²) in [5.74, 6) is 0.146. The van der Waals surface area contributed by atoms with Gasteiger partial charge in [0, 0.05) is 37.4 Å². The normalized spacial score (nSPS) is 30.6. The molecule has 3 unspecified atom stereocenters. The van der Waals surface area contributed by atoms with Crippen LogP contribution in [0, 0.1) is 23.2 Å². The van der Waals surface area contributed by atoms with E-state index in [9.17, 15) is 23.6 Å². The molecule has 0 radical (unpaired) electrons. The second-order valence-electron chi connectivity index (χ2n) is 9.89. The molecule has 0 bridgehead atoms. The molecule has 3 aliphatic heterocycles. The first-order valence-corrected chi connectivity index (χ1v) is 12.9. The number of aliphatic hydroxyl groups is 1. The van der Waals surface area contributed by atoms with Crippen molar-refractivity contribution in [3.8, 4) is 6.07 Å². The fraction of sp³-hybridized carbons (Fsp3) is 0.636. The number of fused-ring (bicyclic) bond motifs is 1. The summed E-state index contributed by atoms with van der Waals surface area (Å²) in [4.78, 5) is 12.9. The van der Waals surface area contributed by atoms with Crippen LogP contribution in [-0.2, 0) is 14.8 Å². The Bertz CT molecular complexity index is 1060. The number of hydrogen-bond donors (Lipinski definition) is 4. The smallest absolute Gasteiger partial charge is 0.243 e. The topological polar surface area (TPSA) is 138 Å². The Hall–Kier alpha value is -2.23. The number of nitrogens with one attached hydrogen (secondary N) is 3. The van der Waals surface area contributed by atoms with Crippen molar-refractivity contribution in [1.82, 2.24) is 20.1 Å². The molecule has 0 aromatic heterocycles. The van der Waals surface area contributed by atoms with Crippen LogP contribution in [0.25, 0.3) is 0 Å². The van der Waals surface area contributed by atoms with E-state index in [-0.39, 0.29) is 48.1 Å². The maximum Gasteiger partial charge on any atom is 0.243 e. The van der Waals surface area contributed by atoms with Crippen LogP contribution >= 0.6 is 0 Å². The number of amides is 1. The summed E-state index contributed by atoms with van der Waals surface area (Å²) < 4.78 is 26.7. The molecular weight excluding hydrogens is 444 g/mol. The van der Waals surface area contributed by atoms with E-state index in [1.165, 1.54) is 4.31 Å². The van der Waals surface area contributed by atoms with Gasteiger partial charge in [0.1, 0.15) is 6.17 Å². The van der Waals surface area contributed by atoms with Gasteiger partial charge >= 0.3 is 0 Å². The molecule has 1 saturated carbocycles. The Morgan fingerprint density at radius 1 is 1.27 bits per heavy atom. The van der Waals surface area contributed by atoms with Gasteiger partial charge in [-0.25, -0.2) is 18.9 Å².